The summed E-state index contributed by atoms with van der Waals surface area (Å²) in [6.07, 6.45) is 3.97. The average Bonchev–Trinajstić information content (AvgIpc) is 2.82. The molecule has 0 aliphatic carbocycles. The number of nitrogens with one attached hydrogen (secondary N) is 1. The number of carbonyl (C=O) groups is 1. The lowest BCUT2D eigenvalue weighted by molar-refractivity contribution is 0.0971. The highest BCUT2D eigenvalue weighted by Crippen LogP contribution is 2.14. The summed E-state index contributed by atoms with van der Waals surface area (Å²) in [5, 5.41) is 3.37. The first-order valence-electron chi connectivity index (χ1n) is 6.15. The predicted octanol–water partition coefficient (Wildman–Crippen LogP) is 2.57. The highest BCUT2D eigenvalue weighted by Gasteiger charge is 2.18. The van der Waals surface area contributed by atoms with Crippen LogP contribution in [0, 0.1) is 0 Å². The Labute approximate surface area is 97.1 Å². The Bertz CT molecular complexity index is 367. The summed E-state index contributed by atoms with van der Waals surface area (Å²) < 4.78 is 0. The van der Waals surface area contributed by atoms with Crippen LogP contribution in [-0.4, -0.2) is 18.4 Å². The number of ketones is 1. The molecule has 1 heterocycles. The summed E-state index contributed by atoms with van der Waals surface area (Å²) in [5.41, 5.74) is 2.11. The van der Waals surface area contributed by atoms with E-state index in [-0.39, 0.29) is 5.78 Å². The summed E-state index contributed by atoms with van der Waals surface area (Å²) in [6.45, 7) is 3.18. The second-order valence-electron chi connectivity index (χ2n) is 4.47. The zero-order valence-electron chi connectivity index (χ0n) is 9.83. The molecule has 0 bridgehead atoms. The van der Waals surface area contributed by atoms with E-state index in [2.05, 4.69) is 18.3 Å². The molecule has 0 spiro atoms. The molecule has 0 radical (unpaired) electrons. The van der Waals surface area contributed by atoms with Crippen molar-refractivity contribution in [1.82, 2.24) is 5.32 Å². The van der Waals surface area contributed by atoms with Gasteiger partial charge >= 0.3 is 0 Å². The summed E-state index contributed by atoms with van der Waals surface area (Å²) >= 11 is 0. The molecule has 1 atom stereocenters. The van der Waals surface area contributed by atoms with Gasteiger partial charge in [0.2, 0.25) is 0 Å². The van der Waals surface area contributed by atoms with Gasteiger partial charge in [0.25, 0.3) is 0 Å². The van der Waals surface area contributed by atoms with Crippen molar-refractivity contribution in [3.63, 3.8) is 0 Å². The van der Waals surface area contributed by atoms with Crippen LogP contribution >= 0.6 is 0 Å². The van der Waals surface area contributed by atoms with Gasteiger partial charge in [-0.2, -0.15) is 0 Å². The van der Waals surface area contributed by atoms with Gasteiger partial charge in [-0.25, -0.2) is 0 Å². The fourth-order valence-electron chi connectivity index (χ4n) is 2.24. The van der Waals surface area contributed by atoms with Gasteiger partial charge in [-0.1, -0.05) is 25.1 Å². The second-order valence-corrected chi connectivity index (χ2v) is 4.47. The van der Waals surface area contributed by atoms with Gasteiger partial charge in [-0.15, -0.1) is 0 Å². The van der Waals surface area contributed by atoms with Gasteiger partial charge in [-0.3, -0.25) is 4.79 Å². The number of hydrogen-bond acceptors (Lipinski definition) is 2. The Morgan fingerprint density at radius 2 is 2.38 bits per heavy atom. The highest BCUT2D eigenvalue weighted by atomic mass is 16.1. The Kier molecular flexibility index (Phi) is 3.73. The Balaban J connectivity index is 2.01. The number of hydrogen-bond donors (Lipinski definition) is 1. The van der Waals surface area contributed by atoms with Crippen LogP contribution in [0.1, 0.15) is 42.1 Å². The van der Waals surface area contributed by atoms with Crippen molar-refractivity contribution < 1.29 is 4.79 Å². The van der Waals surface area contributed by atoms with Crippen LogP contribution in [0.25, 0.3) is 0 Å². The average molecular weight is 217 g/mol. The van der Waals surface area contributed by atoms with E-state index in [0.717, 1.165) is 24.9 Å². The minimum absolute atomic E-state index is 0.273. The molecule has 1 aliphatic heterocycles. The SMILES string of the molecule is CCc1cccc(C(=O)CC2CCCN2)c1. The van der Waals surface area contributed by atoms with E-state index in [1.807, 2.05) is 18.2 Å². The fraction of sp³-hybridized carbons (Fsp3) is 0.500. The van der Waals surface area contributed by atoms with E-state index in [1.54, 1.807) is 0 Å². The molecule has 1 aromatic rings. The van der Waals surface area contributed by atoms with Gasteiger partial charge < -0.3 is 5.32 Å². The smallest absolute Gasteiger partial charge is 0.164 e. The molecule has 2 heteroatoms. The Morgan fingerprint density at radius 1 is 1.50 bits per heavy atom. The molecule has 0 aromatic heterocycles. The lowest BCUT2D eigenvalue weighted by atomic mass is 10.0. The van der Waals surface area contributed by atoms with E-state index in [0.29, 0.717) is 12.5 Å². The summed E-state index contributed by atoms with van der Waals surface area (Å²) in [5.74, 6) is 0.273. The monoisotopic (exact) mass is 217 g/mol. The molecule has 2 rings (SSSR count). The van der Waals surface area contributed by atoms with Crippen LogP contribution in [0.3, 0.4) is 0 Å². The number of rotatable bonds is 4. The molecule has 1 fully saturated rings. The summed E-state index contributed by atoms with van der Waals surface area (Å²) in [4.78, 5) is 12.0. The highest BCUT2D eigenvalue weighted by molar-refractivity contribution is 5.96. The van der Waals surface area contributed by atoms with Crippen LogP contribution < -0.4 is 5.32 Å². The predicted molar refractivity (Wildman–Crippen MR) is 65.8 cm³/mol. The molecule has 16 heavy (non-hydrogen) atoms. The van der Waals surface area contributed by atoms with Gasteiger partial charge in [-0.05, 0) is 37.4 Å². The van der Waals surface area contributed by atoms with Gasteiger partial charge in [0, 0.05) is 18.0 Å². The zero-order valence-corrected chi connectivity index (χ0v) is 9.83. The number of aryl methyl sites for hydroxylation is 1. The van der Waals surface area contributed by atoms with Crippen molar-refractivity contribution >= 4 is 5.78 Å². The molecule has 1 aromatic carbocycles. The van der Waals surface area contributed by atoms with Crippen LogP contribution in [-0.2, 0) is 6.42 Å². The molecular weight excluding hydrogens is 198 g/mol. The summed E-state index contributed by atoms with van der Waals surface area (Å²) in [6, 6.07) is 8.41. The quantitative estimate of drug-likeness (QED) is 0.785. The van der Waals surface area contributed by atoms with Crippen LogP contribution in [0.4, 0.5) is 0 Å². The lowest BCUT2D eigenvalue weighted by Gasteiger charge is -2.09. The summed E-state index contributed by atoms with van der Waals surface area (Å²) in [7, 11) is 0. The molecule has 2 nitrogen and oxygen atoms in total. The van der Waals surface area contributed by atoms with Crippen molar-refractivity contribution in [3.8, 4) is 0 Å². The maximum Gasteiger partial charge on any atom is 0.164 e. The van der Waals surface area contributed by atoms with Crippen molar-refractivity contribution in [1.29, 1.82) is 0 Å². The molecule has 0 amide bonds. The Hall–Kier alpha value is -1.15. The number of Topliss-reactive ketones (excluding diaryl/α,β-unsaturated/α-hetero) is 1. The first-order valence-corrected chi connectivity index (χ1v) is 6.15. The third-order valence-corrected chi connectivity index (χ3v) is 3.25. The molecule has 1 saturated heterocycles. The Morgan fingerprint density at radius 3 is 3.06 bits per heavy atom. The van der Waals surface area contributed by atoms with Crippen molar-refractivity contribution in [3.05, 3.63) is 35.4 Å². The number of benzene rings is 1. The molecule has 1 unspecified atom stereocenters. The zero-order chi connectivity index (χ0) is 11.4. The molecular formula is C14H19NO. The number of carbonyl (C=O) groups excluding carboxylic acids is 1. The van der Waals surface area contributed by atoms with E-state index in [9.17, 15) is 4.79 Å². The first kappa shape index (κ1) is 11.3. The van der Waals surface area contributed by atoms with Crippen LogP contribution in [0.2, 0.25) is 0 Å². The van der Waals surface area contributed by atoms with E-state index >= 15 is 0 Å². The third kappa shape index (κ3) is 2.70. The van der Waals surface area contributed by atoms with E-state index < -0.39 is 0 Å². The standard InChI is InChI=1S/C14H19NO/c1-2-11-5-3-6-12(9-11)14(16)10-13-7-4-8-15-13/h3,5-6,9,13,15H,2,4,7-8,10H2,1H3. The molecule has 1 aliphatic rings. The maximum atomic E-state index is 12.0. The second kappa shape index (κ2) is 5.26. The van der Waals surface area contributed by atoms with Crippen molar-refractivity contribution in [2.75, 3.05) is 6.54 Å². The topological polar surface area (TPSA) is 29.1 Å². The minimum atomic E-state index is 0.273. The van der Waals surface area contributed by atoms with Gasteiger partial charge in [0.05, 0.1) is 0 Å². The maximum absolute atomic E-state index is 12.0. The van der Waals surface area contributed by atoms with Gasteiger partial charge in [0.15, 0.2) is 5.78 Å². The molecule has 1 N–H and O–H groups in total. The van der Waals surface area contributed by atoms with Crippen LogP contribution in [0.15, 0.2) is 24.3 Å². The van der Waals surface area contributed by atoms with Gasteiger partial charge in [0.1, 0.15) is 0 Å². The van der Waals surface area contributed by atoms with Crippen molar-refractivity contribution in [2.24, 2.45) is 0 Å². The molecule has 86 valence electrons. The minimum Gasteiger partial charge on any atom is -0.314 e. The van der Waals surface area contributed by atoms with E-state index in [1.165, 1.54) is 12.0 Å². The van der Waals surface area contributed by atoms with Crippen molar-refractivity contribution in [2.45, 2.75) is 38.6 Å². The fourth-order valence-corrected chi connectivity index (χ4v) is 2.24. The van der Waals surface area contributed by atoms with Crippen LogP contribution in [0.5, 0.6) is 0 Å². The lowest BCUT2D eigenvalue weighted by Crippen LogP contribution is -2.24. The largest absolute Gasteiger partial charge is 0.314 e. The first-order chi connectivity index (χ1) is 7.79. The normalized spacial score (nSPS) is 19.9. The molecule has 0 saturated carbocycles. The van der Waals surface area contributed by atoms with E-state index in [4.69, 9.17) is 0 Å². The third-order valence-electron chi connectivity index (χ3n) is 3.25.